The third-order valence-electron chi connectivity index (χ3n) is 5.34. The van der Waals surface area contributed by atoms with Crippen LogP contribution in [0.15, 0.2) is 18.2 Å². The van der Waals surface area contributed by atoms with E-state index in [-0.39, 0.29) is 21.5 Å². The van der Waals surface area contributed by atoms with Crippen LogP contribution in [0, 0.1) is 11.8 Å². The summed E-state index contributed by atoms with van der Waals surface area (Å²) in [6.45, 7) is -1.09. The highest BCUT2D eigenvalue weighted by Crippen LogP contribution is 2.43. The van der Waals surface area contributed by atoms with Gasteiger partial charge in [0.2, 0.25) is 11.8 Å². The van der Waals surface area contributed by atoms with E-state index in [0.717, 1.165) is 4.90 Å². The Kier molecular flexibility index (Phi) is 7.58. The van der Waals surface area contributed by atoms with Gasteiger partial charge in [-0.1, -0.05) is 31.9 Å². The van der Waals surface area contributed by atoms with E-state index in [0.29, 0.717) is 30.0 Å². The molecule has 1 N–H and O–H groups in total. The molecule has 1 aliphatic carbocycles. The van der Waals surface area contributed by atoms with Crippen LogP contribution < -0.4 is 14.8 Å². The molecule has 1 aromatic carbocycles. The number of benzene rings is 1. The van der Waals surface area contributed by atoms with Gasteiger partial charge in [-0.3, -0.25) is 24.1 Å². The Balaban J connectivity index is 1.54. The molecule has 1 heterocycles. The monoisotopic (exact) mass is 560 g/mol. The van der Waals surface area contributed by atoms with Gasteiger partial charge in [0.15, 0.2) is 6.61 Å². The molecule has 3 amide bonds. The van der Waals surface area contributed by atoms with Crippen LogP contribution in [0.1, 0.15) is 12.8 Å². The lowest BCUT2D eigenvalue weighted by atomic mass is 9.81. The number of methoxy groups -OCH3 is 2. The third kappa shape index (κ3) is 5.20. The second kappa shape index (κ2) is 9.99. The number of ether oxygens (including phenoxy) is 3. The molecule has 1 aromatic rings. The summed E-state index contributed by atoms with van der Waals surface area (Å²) in [5.41, 5.74) is 0.352. The first-order valence-electron chi connectivity index (χ1n) is 9.56. The SMILES string of the molecule is COc1ccc(OC)c(NC(=O)COC(=O)CN2C(=O)[C@H]3C[C@H](Br)[C@@H](Br)C[C@H]3C2=O)c1. The topological polar surface area (TPSA) is 111 Å². The van der Waals surface area contributed by atoms with E-state index >= 15 is 0 Å². The van der Waals surface area contributed by atoms with Crippen LogP contribution in [0.2, 0.25) is 0 Å². The Bertz CT molecular complexity index is 866. The number of rotatable bonds is 7. The number of imide groups is 1. The van der Waals surface area contributed by atoms with Crippen molar-refractivity contribution in [2.45, 2.75) is 22.5 Å². The van der Waals surface area contributed by atoms with Crippen molar-refractivity contribution in [3.05, 3.63) is 18.2 Å². The van der Waals surface area contributed by atoms with Gasteiger partial charge >= 0.3 is 5.97 Å². The van der Waals surface area contributed by atoms with Gasteiger partial charge in [0.1, 0.15) is 18.0 Å². The lowest BCUT2D eigenvalue weighted by molar-refractivity contribution is -0.154. The molecule has 4 atom stereocenters. The minimum Gasteiger partial charge on any atom is -0.497 e. The molecule has 11 heteroatoms. The van der Waals surface area contributed by atoms with Gasteiger partial charge in [-0.2, -0.15) is 0 Å². The first-order valence-corrected chi connectivity index (χ1v) is 11.4. The number of nitrogens with zero attached hydrogens (tertiary/aromatic N) is 1. The number of alkyl halides is 2. The third-order valence-corrected chi connectivity index (χ3v) is 8.07. The Morgan fingerprint density at radius 1 is 1.06 bits per heavy atom. The quantitative estimate of drug-likeness (QED) is 0.308. The highest BCUT2D eigenvalue weighted by molar-refractivity contribution is 9.12. The molecule has 168 valence electrons. The largest absolute Gasteiger partial charge is 0.497 e. The molecule has 1 saturated heterocycles. The van der Waals surface area contributed by atoms with E-state index < -0.39 is 36.9 Å². The van der Waals surface area contributed by atoms with Crippen molar-refractivity contribution in [3.63, 3.8) is 0 Å². The Labute approximate surface area is 196 Å². The number of esters is 1. The maximum absolute atomic E-state index is 12.6. The van der Waals surface area contributed by atoms with Crippen LogP contribution in [0.25, 0.3) is 0 Å². The number of fused-ring (bicyclic) bond motifs is 1. The maximum atomic E-state index is 12.6. The van der Waals surface area contributed by atoms with Gasteiger partial charge in [0.05, 0.1) is 31.7 Å². The van der Waals surface area contributed by atoms with Gasteiger partial charge in [0.25, 0.3) is 5.91 Å². The molecule has 31 heavy (non-hydrogen) atoms. The Morgan fingerprint density at radius 3 is 2.23 bits per heavy atom. The molecule has 0 unspecified atom stereocenters. The molecular weight excluding hydrogens is 540 g/mol. The highest BCUT2D eigenvalue weighted by atomic mass is 79.9. The van der Waals surface area contributed by atoms with E-state index in [1.54, 1.807) is 18.2 Å². The Morgan fingerprint density at radius 2 is 1.68 bits per heavy atom. The fourth-order valence-electron chi connectivity index (χ4n) is 3.74. The molecule has 0 aromatic heterocycles. The molecule has 0 bridgehead atoms. The molecule has 9 nitrogen and oxygen atoms in total. The zero-order valence-corrected chi connectivity index (χ0v) is 20.1. The van der Waals surface area contributed by atoms with E-state index in [1.807, 2.05) is 0 Å². The first kappa shape index (κ1) is 23.5. The van der Waals surface area contributed by atoms with Crippen molar-refractivity contribution in [2.24, 2.45) is 11.8 Å². The van der Waals surface area contributed by atoms with Crippen molar-refractivity contribution in [2.75, 3.05) is 32.7 Å². The zero-order chi connectivity index (χ0) is 22.7. The Hall–Kier alpha value is -2.14. The van der Waals surface area contributed by atoms with Crippen molar-refractivity contribution in [1.82, 2.24) is 4.90 Å². The predicted octanol–water partition coefficient (Wildman–Crippen LogP) is 2.11. The summed E-state index contributed by atoms with van der Waals surface area (Å²) in [5.74, 6) is -2.15. The number of hydrogen-bond acceptors (Lipinski definition) is 7. The smallest absolute Gasteiger partial charge is 0.326 e. The van der Waals surface area contributed by atoms with Crippen molar-refractivity contribution < 1.29 is 33.4 Å². The number of anilines is 1. The van der Waals surface area contributed by atoms with E-state index in [1.165, 1.54) is 14.2 Å². The van der Waals surface area contributed by atoms with Gasteiger partial charge in [0, 0.05) is 15.7 Å². The molecule has 2 aliphatic rings. The summed E-state index contributed by atoms with van der Waals surface area (Å²) in [7, 11) is 2.94. The van der Waals surface area contributed by atoms with Crippen molar-refractivity contribution in [1.29, 1.82) is 0 Å². The number of hydrogen-bond donors (Lipinski definition) is 1. The highest BCUT2D eigenvalue weighted by Gasteiger charge is 2.52. The summed E-state index contributed by atoms with van der Waals surface area (Å²) < 4.78 is 15.3. The molecule has 0 radical (unpaired) electrons. The zero-order valence-electron chi connectivity index (χ0n) is 16.9. The molecule has 0 spiro atoms. The van der Waals surface area contributed by atoms with Crippen LogP contribution in [0.3, 0.4) is 0 Å². The summed E-state index contributed by atoms with van der Waals surface area (Å²) in [4.78, 5) is 50.7. The van der Waals surface area contributed by atoms with Gasteiger partial charge in [-0.25, -0.2) is 0 Å². The maximum Gasteiger partial charge on any atom is 0.326 e. The molecular formula is C20H22Br2N2O7. The number of halogens is 2. The van der Waals surface area contributed by atoms with Crippen LogP contribution in [0.4, 0.5) is 5.69 Å². The lowest BCUT2D eigenvalue weighted by Gasteiger charge is -2.29. The number of likely N-dealkylation sites (tertiary alicyclic amines) is 1. The van der Waals surface area contributed by atoms with E-state index in [4.69, 9.17) is 14.2 Å². The molecule has 1 aliphatic heterocycles. The molecule has 2 fully saturated rings. The van der Waals surface area contributed by atoms with Crippen LogP contribution in [-0.2, 0) is 23.9 Å². The van der Waals surface area contributed by atoms with Crippen LogP contribution >= 0.6 is 31.9 Å². The summed E-state index contributed by atoms with van der Waals surface area (Å²) in [6.07, 6.45) is 1.03. The second-order valence-electron chi connectivity index (χ2n) is 7.25. The normalized spacial score (nSPS) is 25.1. The number of carbonyl (C=O) groups is 4. The second-order valence-corrected chi connectivity index (χ2v) is 9.61. The van der Waals surface area contributed by atoms with Crippen molar-refractivity contribution >= 4 is 61.2 Å². The summed E-state index contributed by atoms with van der Waals surface area (Å²) >= 11 is 7.03. The average molecular weight is 562 g/mol. The summed E-state index contributed by atoms with van der Waals surface area (Å²) in [6, 6.07) is 4.86. The van der Waals surface area contributed by atoms with Gasteiger partial charge in [-0.05, 0) is 25.0 Å². The fraction of sp³-hybridized carbons (Fsp3) is 0.500. The number of nitrogens with one attached hydrogen (secondary N) is 1. The van der Waals surface area contributed by atoms with E-state index in [9.17, 15) is 19.2 Å². The predicted molar refractivity (Wildman–Crippen MR) is 117 cm³/mol. The van der Waals surface area contributed by atoms with Crippen molar-refractivity contribution in [3.8, 4) is 11.5 Å². The average Bonchev–Trinajstić information content (AvgIpc) is 2.96. The molecule has 3 rings (SSSR count). The standard InChI is InChI=1S/C20H22Br2N2O7/c1-29-10-3-4-16(30-2)15(5-10)23-17(25)9-31-18(26)8-24-19(27)11-6-13(21)14(22)7-12(11)20(24)28/h3-5,11-14H,6-9H2,1-2H3,(H,23,25)/t11-,12+,13-,14-/m0/s1. The van der Waals surface area contributed by atoms with Crippen LogP contribution in [0.5, 0.6) is 11.5 Å². The minimum atomic E-state index is -0.834. The van der Waals surface area contributed by atoms with E-state index in [2.05, 4.69) is 37.2 Å². The number of carbonyl (C=O) groups excluding carboxylic acids is 4. The van der Waals surface area contributed by atoms with Gasteiger partial charge < -0.3 is 19.5 Å². The fourth-order valence-corrected chi connectivity index (χ4v) is 4.98. The first-order chi connectivity index (χ1) is 14.7. The minimum absolute atomic E-state index is 0.0784. The molecule has 1 saturated carbocycles. The van der Waals surface area contributed by atoms with Gasteiger partial charge in [-0.15, -0.1) is 0 Å². The lowest BCUT2D eigenvalue weighted by Crippen LogP contribution is -2.37. The van der Waals surface area contributed by atoms with Crippen LogP contribution in [-0.4, -0.2) is 65.6 Å². The number of amides is 3. The summed E-state index contributed by atoms with van der Waals surface area (Å²) in [5, 5.41) is 2.57.